The van der Waals surface area contributed by atoms with Crippen LogP contribution in [0.4, 0.5) is 0 Å². The van der Waals surface area contributed by atoms with Crippen LogP contribution in [-0.2, 0) is 20.7 Å². The molecule has 1 aromatic heterocycles. The second-order valence-corrected chi connectivity index (χ2v) is 9.63. The summed E-state index contributed by atoms with van der Waals surface area (Å²) in [6.07, 6.45) is -1.28. The molecule has 2 aromatic carbocycles. The molecule has 8 nitrogen and oxygen atoms in total. The van der Waals surface area contributed by atoms with Gasteiger partial charge in [-0.05, 0) is 57.9 Å². The third-order valence-electron chi connectivity index (χ3n) is 5.53. The van der Waals surface area contributed by atoms with Gasteiger partial charge < -0.3 is 14.6 Å². The van der Waals surface area contributed by atoms with Gasteiger partial charge in [-0.1, -0.05) is 48.5 Å². The van der Waals surface area contributed by atoms with E-state index in [0.717, 1.165) is 5.56 Å². The summed E-state index contributed by atoms with van der Waals surface area (Å²) in [6, 6.07) is 19.3. The molecule has 0 bridgehead atoms. The van der Waals surface area contributed by atoms with Crippen LogP contribution in [0.1, 0.15) is 60.5 Å². The van der Waals surface area contributed by atoms with E-state index >= 15 is 0 Å². The summed E-state index contributed by atoms with van der Waals surface area (Å²) in [7, 11) is 0. The van der Waals surface area contributed by atoms with Crippen molar-refractivity contribution < 1.29 is 29.0 Å². The first-order chi connectivity index (χ1) is 17.6. The second-order valence-electron chi connectivity index (χ2n) is 9.63. The third kappa shape index (κ3) is 7.79. The normalized spacial score (nSPS) is 12.9. The molecule has 0 fully saturated rings. The van der Waals surface area contributed by atoms with Gasteiger partial charge in [0.15, 0.2) is 11.9 Å². The first kappa shape index (κ1) is 27.7. The number of esters is 2. The number of hydrogen-bond acceptors (Lipinski definition) is 8. The summed E-state index contributed by atoms with van der Waals surface area (Å²) >= 11 is 0. The van der Waals surface area contributed by atoms with Crippen LogP contribution in [0.2, 0.25) is 0 Å². The van der Waals surface area contributed by atoms with E-state index in [2.05, 4.69) is 10.2 Å². The van der Waals surface area contributed by atoms with Crippen molar-refractivity contribution in [1.82, 2.24) is 10.2 Å². The van der Waals surface area contributed by atoms with Gasteiger partial charge in [-0.15, -0.1) is 10.2 Å². The summed E-state index contributed by atoms with van der Waals surface area (Å²) in [4.78, 5) is 38.0. The van der Waals surface area contributed by atoms with Gasteiger partial charge >= 0.3 is 11.9 Å². The van der Waals surface area contributed by atoms with Crippen LogP contribution in [-0.4, -0.2) is 51.3 Å². The highest BCUT2D eigenvalue weighted by Gasteiger charge is 2.30. The zero-order valence-corrected chi connectivity index (χ0v) is 21.5. The minimum Gasteiger partial charge on any atom is -0.464 e. The average molecular weight is 505 g/mol. The van der Waals surface area contributed by atoms with E-state index in [0.29, 0.717) is 23.2 Å². The van der Waals surface area contributed by atoms with E-state index < -0.39 is 29.6 Å². The largest absolute Gasteiger partial charge is 0.464 e. The van der Waals surface area contributed by atoms with E-state index in [1.807, 2.05) is 30.3 Å². The molecule has 0 amide bonds. The van der Waals surface area contributed by atoms with Crippen molar-refractivity contribution in [2.24, 2.45) is 5.92 Å². The molecule has 8 heteroatoms. The Bertz CT molecular complexity index is 1220. The molecule has 2 atom stereocenters. The molecule has 0 unspecified atom stereocenters. The zero-order chi connectivity index (χ0) is 27.0. The molecule has 0 aliphatic carbocycles. The molecule has 1 N–H and O–H groups in total. The van der Waals surface area contributed by atoms with Crippen LogP contribution in [0, 0.1) is 5.92 Å². The summed E-state index contributed by atoms with van der Waals surface area (Å²) in [5, 5.41) is 18.9. The lowest BCUT2D eigenvalue weighted by atomic mass is 9.88. The van der Waals surface area contributed by atoms with Crippen LogP contribution in [0.5, 0.6) is 0 Å². The molecule has 0 spiro atoms. The molecular weight excluding hydrogens is 472 g/mol. The average Bonchev–Trinajstić information content (AvgIpc) is 2.87. The quantitative estimate of drug-likeness (QED) is 0.318. The fraction of sp³-hybridized carbons (Fsp3) is 0.345. The zero-order valence-electron chi connectivity index (χ0n) is 21.5. The van der Waals surface area contributed by atoms with Crippen LogP contribution in [0.25, 0.3) is 11.3 Å². The van der Waals surface area contributed by atoms with Crippen molar-refractivity contribution in [3.63, 3.8) is 0 Å². The smallest absolute Gasteiger partial charge is 0.339 e. The van der Waals surface area contributed by atoms with Crippen molar-refractivity contribution in [2.75, 3.05) is 6.61 Å². The Balaban J connectivity index is 1.80. The van der Waals surface area contributed by atoms with Gasteiger partial charge in [0.2, 0.25) is 0 Å². The highest BCUT2D eigenvalue weighted by molar-refractivity contribution is 5.97. The number of carbonyl (C=O) groups is 3. The summed E-state index contributed by atoms with van der Waals surface area (Å²) in [5.41, 5.74) is 1.59. The molecule has 3 aromatic rings. The molecule has 0 saturated heterocycles. The summed E-state index contributed by atoms with van der Waals surface area (Å²) in [6.45, 7) is 7.15. The lowest BCUT2D eigenvalue weighted by Gasteiger charge is -2.21. The fourth-order valence-corrected chi connectivity index (χ4v) is 3.82. The molecule has 0 saturated carbocycles. The Kier molecular flexibility index (Phi) is 9.25. The number of carbonyl (C=O) groups excluding carboxylic acids is 3. The van der Waals surface area contributed by atoms with Crippen LogP contribution in [0.3, 0.4) is 0 Å². The molecule has 0 radical (unpaired) electrons. The van der Waals surface area contributed by atoms with Gasteiger partial charge in [-0.2, -0.15) is 0 Å². The molecule has 3 rings (SSSR count). The molecule has 0 aliphatic heterocycles. The predicted molar refractivity (Wildman–Crippen MR) is 138 cm³/mol. The maximum absolute atomic E-state index is 13.1. The van der Waals surface area contributed by atoms with Crippen molar-refractivity contribution in [3.8, 4) is 11.3 Å². The fourth-order valence-electron chi connectivity index (χ4n) is 3.82. The SMILES string of the molecule is CCOC(=O)[C@H](O)[C@H](CC(=O)c1ccc(-c2ccccc2C(=O)OC(C)(C)C)nn1)Cc1ccccc1. The van der Waals surface area contributed by atoms with Crippen molar-refractivity contribution in [1.29, 1.82) is 0 Å². The van der Waals surface area contributed by atoms with Crippen molar-refractivity contribution in [3.05, 3.63) is 83.6 Å². The van der Waals surface area contributed by atoms with E-state index in [4.69, 9.17) is 9.47 Å². The first-order valence-corrected chi connectivity index (χ1v) is 12.2. The number of rotatable bonds is 10. The summed E-state index contributed by atoms with van der Waals surface area (Å²) < 4.78 is 10.5. The maximum atomic E-state index is 13.1. The van der Waals surface area contributed by atoms with Gasteiger partial charge in [-0.25, -0.2) is 9.59 Å². The van der Waals surface area contributed by atoms with E-state index in [-0.39, 0.29) is 24.5 Å². The first-order valence-electron chi connectivity index (χ1n) is 12.2. The van der Waals surface area contributed by atoms with Crippen LogP contribution >= 0.6 is 0 Å². The summed E-state index contributed by atoms with van der Waals surface area (Å²) in [5.74, 6) is -2.33. The van der Waals surface area contributed by atoms with Gasteiger partial charge in [-0.3, -0.25) is 4.79 Å². The topological polar surface area (TPSA) is 116 Å². The molecule has 194 valence electrons. The maximum Gasteiger partial charge on any atom is 0.339 e. The van der Waals surface area contributed by atoms with Crippen LogP contribution < -0.4 is 0 Å². The molecular formula is C29H32N2O6. The molecule has 1 heterocycles. The number of Topliss-reactive ketones (excluding diaryl/α,β-unsaturated/α-hetero) is 1. The van der Waals surface area contributed by atoms with Gasteiger partial charge in [0, 0.05) is 17.9 Å². The predicted octanol–water partition coefficient (Wildman–Crippen LogP) is 4.45. The monoisotopic (exact) mass is 504 g/mol. The van der Waals surface area contributed by atoms with E-state index in [9.17, 15) is 19.5 Å². The minimum absolute atomic E-state index is 0.0904. The highest BCUT2D eigenvalue weighted by atomic mass is 16.6. The van der Waals surface area contributed by atoms with Crippen molar-refractivity contribution in [2.45, 2.75) is 52.2 Å². The lowest BCUT2D eigenvalue weighted by molar-refractivity contribution is -0.155. The Morgan fingerprint density at radius 3 is 2.22 bits per heavy atom. The highest BCUT2D eigenvalue weighted by Crippen LogP contribution is 2.25. The number of nitrogens with zero attached hydrogens (tertiary/aromatic N) is 2. The number of benzene rings is 2. The van der Waals surface area contributed by atoms with Crippen molar-refractivity contribution >= 4 is 17.7 Å². The number of ether oxygens (including phenoxy) is 2. The number of aromatic nitrogens is 2. The number of aliphatic hydroxyl groups is 1. The van der Waals surface area contributed by atoms with Gasteiger partial charge in [0.05, 0.1) is 17.9 Å². The number of ketones is 1. The van der Waals surface area contributed by atoms with Gasteiger partial charge in [0.25, 0.3) is 0 Å². The number of hydrogen-bond donors (Lipinski definition) is 1. The Labute approximate surface area is 216 Å². The van der Waals surface area contributed by atoms with Crippen LogP contribution in [0.15, 0.2) is 66.7 Å². The number of aliphatic hydroxyl groups excluding tert-OH is 1. The molecule has 0 aliphatic rings. The third-order valence-corrected chi connectivity index (χ3v) is 5.53. The Hall–Kier alpha value is -3.91. The Morgan fingerprint density at radius 2 is 1.59 bits per heavy atom. The standard InChI is InChI=1S/C29H32N2O6/c1-5-36-28(35)26(33)20(17-19-11-7-6-8-12-19)18-25(32)24-16-15-23(30-31-24)21-13-9-10-14-22(21)27(34)37-29(2,3)4/h6-16,20,26,33H,5,17-18H2,1-4H3/t20-,26+/m0/s1. The second kappa shape index (κ2) is 12.4. The minimum atomic E-state index is -1.46. The molecule has 37 heavy (non-hydrogen) atoms. The van der Waals surface area contributed by atoms with Gasteiger partial charge in [0.1, 0.15) is 11.3 Å². The lowest BCUT2D eigenvalue weighted by Crippen LogP contribution is -2.34. The Morgan fingerprint density at radius 1 is 0.919 bits per heavy atom. The van der Waals surface area contributed by atoms with E-state index in [1.54, 1.807) is 58.0 Å². The van der Waals surface area contributed by atoms with E-state index in [1.165, 1.54) is 6.07 Å².